The fourth-order valence-electron chi connectivity index (χ4n) is 4.37. The smallest absolute Gasteiger partial charge is 0.255 e. The number of para-hydroxylation sites is 1. The summed E-state index contributed by atoms with van der Waals surface area (Å²) in [6.07, 6.45) is 0.0950. The molecule has 1 heterocycles. The highest BCUT2D eigenvalue weighted by atomic mass is 16.5. The van der Waals surface area contributed by atoms with Crippen molar-refractivity contribution < 1.29 is 28.7 Å². The van der Waals surface area contributed by atoms with Gasteiger partial charge in [0.2, 0.25) is 17.7 Å². The summed E-state index contributed by atoms with van der Waals surface area (Å²) in [6.45, 7) is 9.04. The first kappa shape index (κ1) is 30.5. The molecule has 40 heavy (non-hydrogen) atoms. The Kier molecular flexibility index (Phi) is 11.4. The Balaban J connectivity index is 1.78. The number of fused-ring (bicyclic) bond motifs is 1. The summed E-state index contributed by atoms with van der Waals surface area (Å²) in [6, 6.07) is 12.3. The standard InChI is InChI=1S/C30H40N4O6/c1-5-34-15-17-40-26-9-7-6-8-23(26)28(36)33-24(19-27(35)32-25(30(34)38)18-20(2)3)29(37)31-14-16-39-22-12-10-21(4)11-13-22/h6-13,20,24-25H,5,14-19H2,1-4H3,(H,31,37)(H,32,35)(H,33,36)/t24-,25+/m0/s1. The van der Waals surface area contributed by atoms with Gasteiger partial charge in [0.25, 0.3) is 5.91 Å². The van der Waals surface area contributed by atoms with Gasteiger partial charge >= 0.3 is 0 Å². The minimum Gasteiger partial charge on any atom is -0.492 e. The second-order valence-electron chi connectivity index (χ2n) is 10.2. The van der Waals surface area contributed by atoms with Gasteiger partial charge in [-0.3, -0.25) is 19.2 Å². The summed E-state index contributed by atoms with van der Waals surface area (Å²) < 4.78 is 11.6. The summed E-state index contributed by atoms with van der Waals surface area (Å²) in [5.74, 6) is -0.660. The van der Waals surface area contributed by atoms with Crippen LogP contribution in [0.25, 0.3) is 0 Å². The van der Waals surface area contributed by atoms with Gasteiger partial charge in [0.1, 0.15) is 36.8 Å². The van der Waals surface area contributed by atoms with Crippen molar-refractivity contribution in [3.63, 3.8) is 0 Å². The van der Waals surface area contributed by atoms with E-state index in [0.29, 0.717) is 31.0 Å². The highest BCUT2D eigenvalue weighted by Gasteiger charge is 2.30. The summed E-state index contributed by atoms with van der Waals surface area (Å²) in [7, 11) is 0. The molecule has 0 spiro atoms. The van der Waals surface area contributed by atoms with E-state index in [2.05, 4.69) is 16.0 Å². The highest BCUT2D eigenvalue weighted by molar-refractivity contribution is 6.01. The first-order chi connectivity index (χ1) is 19.2. The zero-order valence-corrected chi connectivity index (χ0v) is 23.7. The van der Waals surface area contributed by atoms with Crippen molar-refractivity contribution in [2.24, 2.45) is 5.92 Å². The number of aryl methyl sites for hydroxylation is 1. The van der Waals surface area contributed by atoms with Crippen LogP contribution in [0.5, 0.6) is 11.5 Å². The normalized spacial score (nSPS) is 18.6. The second kappa shape index (κ2) is 14.9. The molecule has 0 aromatic heterocycles. The average molecular weight is 553 g/mol. The van der Waals surface area contributed by atoms with Gasteiger partial charge in [0.15, 0.2) is 0 Å². The molecule has 0 saturated carbocycles. The number of benzene rings is 2. The van der Waals surface area contributed by atoms with Crippen molar-refractivity contribution >= 4 is 23.6 Å². The zero-order valence-electron chi connectivity index (χ0n) is 23.7. The lowest BCUT2D eigenvalue weighted by atomic mass is 10.0. The number of hydrogen-bond donors (Lipinski definition) is 3. The SMILES string of the molecule is CCN1CCOc2ccccc2C(=O)N[C@H](C(=O)NCCOc2ccc(C)cc2)CC(=O)N[C@H](CC(C)C)C1=O. The number of hydrogen-bond acceptors (Lipinski definition) is 6. The molecule has 0 aliphatic carbocycles. The Morgan fingerprint density at radius 3 is 2.52 bits per heavy atom. The van der Waals surface area contributed by atoms with Crippen LogP contribution in [0.1, 0.15) is 49.5 Å². The van der Waals surface area contributed by atoms with Crippen molar-refractivity contribution in [1.29, 1.82) is 0 Å². The predicted molar refractivity (Wildman–Crippen MR) is 151 cm³/mol. The number of carbonyl (C=O) groups is 4. The van der Waals surface area contributed by atoms with Gasteiger partial charge in [0.05, 0.1) is 25.1 Å². The Bertz CT molecular complexity index is 1170. The maximum Gasteiger partial charge on any atom is 0.255 e. The van der Waals surface area contributed by atoms with E-state index in [-0.39, 0.29) is 43.6 Å². The van der Waals surface area contributed by atoms with Crippen LogP contribution in [0.3, 0.4) is 0 Å². The van der Waals surface area contributed by atoms with E-state index in [1.165, 1.54) is 0 Å². The van der Waals surface area contributed by atoms with Crippen molar-refractivity contribution in [3.8, 4) is 11.5 Å². The number of nitrogens with one attached hydrogen (secondary N) is 3. The molecule has 10 heteroatoms. The Labute approximate surface area is 235 Å². The van der Waals surface area contributed by atoms with Crippen LogP contribution in [0.15, 0.2) is 48.5 Å². The Morgan fingerprint density at radius 1 is 1.10 bits per heavy atom. The van der Waals surface area contributed by atoms with Gasteiger partial charge in [-0.25, -0.2) is 0 Å². The maximum atomic E-state index is 13.3. The number of rotatable bonds is 8. The third-order valence-electron chi connectivity index (χ3n) is 6.49. The first-order valence-electron chi connectivity index (χ1n) is 13.8. The Hall–Kier alpha value is -4.08. The lowest BCUT2D eigenvalue weighted by Crippen LogP contribution is -2.53. The second-order valence-corrected chi connectivity index (χ2v) is 10.2. The van der Waals surface area contributed by atoms with Gasteiger partial charge in [-0.2, -0.15) is 0 Å². The Morgan fingerprint density at radius 2 is 1.82 bits per heavy atom. The van der Waals surface area contributed by atoms with Crippen LogP contribution in [-0.2, 0) is 14.4 Å². The number of nitrogens with zero attached hydrogens (tertiary/aromatic N) is 1. The third-order valence-corrected chi connectivity index (χ3v) is 6.49. The molecule has 0 unspecified atom stereocenters. The number of amides is 4. The monoisotopic (exact) mass is 552 g/mol. The number of ether oxygens (including phenoxy) is 2. The maximum absolute atomic E-state index is 13.3. The molecule has 0 radical (unpaired) electrons. The molecule has 2 aromatic carbocycles. The van der Waals surface area contributed by atoms with Crippen molar-refractivity contribution in [2.45, 2.75) is 52.6 Å². The molecule has 0 saturated heterocycles. The van der Waals surface area contributed by atoms with Gasteiger partial charge < -0.3 is 30.3 Å². The van der Waals surface area contributed by atoms with Gasteiger partial charge in [0, 0.05) is 6.54 Å². The fraction of sp³-hybridized carbons (Fsp3) is 0.467. The van der Waals surface area contributed by atoms with E-state index in [4.69, 9.17) is 9.47 Å². The summed E-state index contributed by atoms with van der Waals surface area (Å²) >= 11 is 0. The average Bonchev–Trinajstić information content (AvgIpc) is 2.92. The molecule has 3 rings (SSSR count). The van der Waals surface area contributed by atoms with Gasteiger partial charge in [-0.05, 0) is 50.5 Å². The van der Waals surface area contributed by atoms with Crippen LogP contribution >= 0.6 is 0 Å². The molecule has 1 aliphatic heterocycles. The molecule has 3 N–H and O–H groups in total. The number of carbonyl (C=O) groups excluding carboxylic acids is 4. The third kappa shape index (κ3) is 9.00. The van der Waals surface area contributed by atoms with Crippen LogP contribution < -0.4 is 25.4 Å². The van der Waals surface area contributed by atoms with E-state index in [9.17, 15) is 19.2 Å². The lowest BCUT2D eigenvalue weighted by Gasteiger charge is -2.29. The van der Waals surface area contributed by atoms with E-state index in [1.807, 2.05) is 52.0 Å². The van der Waals surface area contributed by atoms with Crippen LogP contribution in [0.4, 0.5) is 0 Å². The van der Waals surface area contributed by atoms with E-state index in [1.54, 1.807) is 29.2 Å². The fourth-order valence-corrected chi connectivity index (χ4v) is 4.37. The van der Waals surface area contributed by atoms with Crippen molar-refractivity contribution in [2.75, 3.05) is 32.8 Å². The zero-order chi connectivity index (χ0) is 29.1. The lowest BCUT2D eigenvalue weighted by molar-refractivity contribution is -0.137. The number of likely N-dealkylation sites (N-methyl/N-ethyl adjacent to an activating group) is 1. The van der Waals surface area contributed by atoms with Crippen LogP contribution in [0.2, 0.25) is 0 Å². The highest BCUT2D eigenvalue weighted by Crippen LogP contribution is 2.19. The van der Waals surface area contributed by atoms with E-state index < -0.39 is 29.8 Å². The molecule has 1 aliphatic rings. The molecule has 0 fully saturated rings. The van der Waals surface area contributed by atoms with Crippen LogP contribution in [0, 0.1) is 12.8 Å². The molecule has 4 amide bonds. The molecule has 0 bridgehead atoms. The molecular weight excluding hydrogens is 512 g/mol. The predicted octanol–water partition coefficient (Wildman–Crippen LogP) is 2.45. The minimum atomic E-state index is -1.18. The minimum absolute atomic E-state index is 0.141. The van der Waals surface area contributed by atoms with E-state index in [0.717, 1.165) is 5.56 Å². The van der Waals surface area contributed by atoms with Gasteiger partial charge in [-0.1, -0.05) is 43.7 Å². The largest absolute Gasteiger partial charge is 0.492 e. The summed E-state index contributed by atoms with van der Waals surface area (Å²) in [4.78, 5) is 54.5. The van der Waals surface area contributed by atoms with Crippen LogP contribution in [-0.4, -0.2) is 73.5 Å². The van der Waals surface area contributed by atoms with Gasteiger partial charge in [-0.15, -0.1) is 0 Å². The molecule has 10 nitrogen and oxygen atoms in total. The van der Waals surface area contributed by atoms with E-state index >= 15 is 0 Å². The van der Waals surface area contributed by atoms with Crippen molar-refractivity contribution in [1.82, 2.24) is 20.9 Å². The summed E-state index contributed by atoms with van der Waals surface area (Å²) in [5.41, 5.74) is 1.34. The topological polar surface area (TPSA) is 126 Å². The summed E-state index contributed by atoms with van der Waals surface area (Å²) in [5, 5.41) is 8.22. The molecular formula is C30H40N4O6. The van der Waals surface area contributed by atoms with Crippen molar-refractivity contribution in [3.05, 3.63) is 59.7 Å². The molecule has 2 atom stereocenters. The molecule has 2 aromatic rings. The molecule has 216 valence electrons. The quantitative estimate of drug-likeness (QED) is 0.432. The first-order valence-corrected chi connectivity index (χ1v) is 13.8.